The Morgan fingerprint density at radius 2 is 1.93 bits per heavy atom. The fourth-order valence-electron chi connectivity index (χ4n) is 1.18. The van der Waals surface area contributed by atoms with Crippen molar-refractivity contribution in [2.75, 3.05) is 6.61 Å². The van der Waals surface area contributed by atoms with Gasteiger partial charge in [-0.05, 0) is 24.1 Å². The molecule has 4 heteroatoms. The number of hydrogen-bond acceptors (Lipinski definition) is 3. The summed E-state index contributed by atoms with van der Waals surface area (Å²) in [6.45, 7) is 0.0296. The van der Waals surface area contributed by atoms with E-state index in [1.807, 2.05) is 0 Å². The molecule has 0 unspecified atom stereocenters. The van der Waals surface area contributed by atoms with Crippen molar-refractivity contribution in [2.24, 2.45) is 5.73 Å². The first kappa shape index (κ1) is 10.7. The number of carboxylic acids is 1. The molecule has 0 bridgehead atoms. The topological polar surface area (TPSA) is 83.5 Å². The van der Waals surface area contributed by atoms with E-state index in [4.69, 9.17) is 15.9 Å². The van der Waals surface area contributed by atoms with Gasteiger partial charge in [0, 0.05) is 12.6 Å². The van der Waals surface area contributed by atoms with Crippen LogP contribution in [0.15, 0.2) is 24.3 Å². The number of aliphatic hydroxyl groups is 1. The van der Waals surface area contributed by atoms with Crippen LogP contribution in [0.4, 0.5) is 0 Å². The molecule has 4 N–H and O–H groups in total. The highest BCUT2D eigenvalue weighted by molar-refractivity contribution is 5.87. The van der Waals surface area contributed by atoms with Crippen molar-refractivity contribution in [1.29, 1.82) is 0 Å². The maximum Gasteiger partial charge on any atom is 0.335 e. The Balaban J connectivity index is 2.77. The molecule has 0 amide bonds. The van der Waals surface area contributed by atoms with Gasteiger partial charge in [-0.1, -0.05) is 12.1 Å². The average molecular weight is 195 g/mol. The lowest BCUT2D eigenvalue weighted by molar-refractivity contribution is 0.0697. The molecular weight excluding hydrogens is 182 g/mol. The van der Waals surface area contributed by atoms with Gasteiger partial charge in [-0.25, -0.2) is 4.79 Å². The molecule has 0 radical (unpaired) electrons. The largest absolute Gasteiger partial charge is 0.478 e. The quantitative estimate of drug-likeness (QED) is 0.662. The summed E-state index contributed by atoms with van der Waals surface area (Å²) >= 11 is 0. The standard InChI is InChI=1S/C10H13NO3/c11-9(5-6-12)7-1-3-8(4-2-7)10(13)14/h1-4,9,12H,5-6,11H2,(H,13,14)/t9-/m0/s1. The SMILES string of the molecule is N[C@@H](CCO)c1ccc(C(=O)O)cc1. The van der Waals surface area contributed by atoms with Crippen LogP contribution in [0.25, 0.3) is 0 Å². The lowest BCUT2D eigenvalue weighted by atomic mass is 10.0. The van der Waals surface area contributed by atoms with Crippen molar-refractivity contribution in [3.8, 4) is 0 Å². The van der Waals surface area contributed by atoms with Gasteiger partial charge in [0.2, 0.25) is 0 Å². The normalized spacial score (nSPS) is 12.4. The minimum Gasteiger partial charge on any atom is -0.478 e. The first-order chi connectivity index (χ1) is 6.65. The number of nitrogens with two attached hydrogens (primary N) is 1. The van der Waals surface area contributed by atoms with Gasteiger partial charge in [-0.2, -0.15) is 0 Å². The van der Waals surface area contributed by atoms with Gasteiger partial charge < -0.3 is 15.9 Å². The van der Waals surface area contributed by atoms with Gasteiger partial charge in [0.05, 0.1) is 5.56 Å². The summed E-state index contributed by atoms with van der Waals surface area (Å²) in [6.07, 6.45) is 0.479. The predicted octanol–water partition coefficient (Wildman–Crippen LogP) is 0.767. The lowest BCUT2D eigenvalue weighted by Gasteiger charge is -2.09. The molecule has 0 aliphatic rings. The molecule has 1 atom stereocenters. The Morgan fingerprint density at radius 1 is 1.36 bits per heavy atom. The van der Waals surface area contributed by atoms with Gasteiger partial charge in [-0.15, -0.1) is 0 Å². The third kappa shape index (κ3) is 2.55. The number of carboxylic acid groups (broad SMARTS) is 1. The van der Waals surface area contributed by atoms with Crippen LogP contribution in [0.1, 0.15) is 28.4 Å². The molecule has 1 rings (SSSR count). The van der Waals surface area contributed by atoms with Crippen LogP contribution < -0.4 is 5.73 Å². The van der Waals surface area contributed by atoms with Gasteiger partial charge in [0.15, 0.2) is 0 Å². The maximum atomic E-state index is 10.5. The van der Waals surface area contributed by atoms with E-state index in [1.165, 1.54) is 12.1 Å². The van der Waals surface area contributed by atoms with Crippen molar-refractivity contribution in [3.05, 3.63) is 35.4 Å². The van der Waals surface area contributed by atoms with Crippen LogP contribution in [0.5, 0.6) is 0 Å². The highest BCUT2D eigenvalue weighted by Crippen LogP contribution is 2.14. The summed E-state index contributed by atoms with van der Waals surface area (Å²) in [7, 11) is 0. The number of benzene rings is 1. The predicted molar refractivity (Wildman–Crippen MR) is 52.0 cm³/mol. The average Bonchev–Trinajstić information content (AvgIpc) is 2.18. The van der Waals surface area contributed by atoms with Crippen LogP contribution in [-0.4, -0.2) is 22.8 Å². The van der Waals surface area contributed by atoms with E-state index in [0.717, 1.165) is 5.56 Å². The molecule has 1 aromatic carbocycles. The van der Waals surface area contributed by atoms with Crippen LogP contribution in [-0.2, 0) is 0 Å². The fourth-order valence-corrected chi connectivity index (χ4v) is 1.18. The highest BCUT2D eigenvalue weighted by Gasteiger charge is 2.06. The molecule has 76 valence electrons. The fraction of sp³-hybridized carbons (Fsp3) is 0.300. The summed E-state index contributed by atoms with van der Waals surface area (Å²) in [5.74, 6) is -0.952. The number of hydrogen-bond donors (Lipinski definition) is 3. The molecular formula is C10H13NO3. The molecule has 0 aliphatic carbocycles. The van der Waals surface area contributed by atoms with Crippen LogP contribution >= 0.6 is 0 Å². The zero-order valence-corrected chi connectivity index (χ0v) is 7.68. The second kappa shape index (κ2) is 4.74. The Hall–Kier alpha value is -1.39. The van der Waals surface area contributed by atoms with Gasteiger partial charge >= 0.3 is 5.97 Å². The Labute approximate surface area is 82.0 Å². The Morgan fingerprint density at radius 3 is 2.36 bits per heavy atom. The Bertz CT molecular complexity index is 308. The van der Waals surface area contributed by atoms with Gasteiger partial charge in [0.25, 0.3) is 0 Å². The van der Waals surface area contributed by atoms with E-state index in [9.17, 15) is 4.79 Å². The molecule has 0 aromatic heterocycles. The molecule has 0 saturated heterocycles. The molecule has 0 fully saturated rings. The smallest absolute Gasteiger partial charge is 0.335 e. The Kier molecular flexibility index (Phi) is 3.62. The van der Waals surface area contributed by atoms with Crippen LogP contribution in [0.2, 0.25) is 0 Å². The molecule has 0 saturated carbocycles. The first-order valence-corrected chi connectivity index (χ1v) is 4.35. The minimum atomic E-state index is -0.952. The van der Waals surface area contributed by atoms with Gasteiger partial charge in [0.1, 0.15) is 0 Å². The van der Waals surface area contributed by atoms with E-state index in [2.05, 4.69) is 0 Å². The van der Waals surface area contributed by atoms with Crippen molar-refractivity contribution >= 4 is 5.97 Å². The number of aliphatic hydroxyl groups excluding tert-OH is 1. The maximum absolute atomic E-state index is 10.5. The second-order valence-electron chi connectivity index (χ2n) is 3.05. The first-order valence-electron chi connectivity index (χ1n) is 4.35. The molecule has 0 spiro atoms. The molecule has 0 aliphatic heterocycles. The van der Waals surface area contributed by atoms with E-state index < -0.39 is 5.97 Å². The highest BCUT2D eigenvalue weighted by atomic mass is 16.4. The molecule has 1 aromatic rings. The van der Waals surface area contributed by atoms with Crippen LogP contribution in [0, 0.1) is 0 Å². The zero-order valence-electron chi connectivity index (χ0n) is 7.68. The van der Waals surface area contributed by atoms with E-state index in [-0.39, 0.29) is 18.2 Å². The molecule has 14 heavy (non-hydrogen) atoms. The lowest BCUT2D eigenvalue weighted by Crippen LogP contribution is -2.12. The van der Waals surface area contributed by atoms with Crippen molar-refractivity contribution < 1.29 is 15.0 Å². The zero-order chi connectivity index (χ0) is 10.6. The third-order valence-corrected chi connectivity index (χ3v) is 2.03. The summed E-state index contributed by atoms with van der Waals surface area (Å²) in [5, 5.41) is 17.3. The number of aromatic carboxylic acids is 1. The van der Waals surface area contributed by atoms with Crippen LogP contribution in [0.3, 0.4) is 0 Å². The monoisotopic (exact) mass is 195 g/mol. The number of rotatable bonds is 4. The van der Waals surface area contributed by atoms with Crippen molar-refractivity contribution in [3.63, 3.8) is 0 Å². The van der Waals surface area contributed by atoms with E-state index >= 15 is 0 Å². The van der Waals surface area contributed by atoms with E-state index in [0.29, 0.717) is 6.42 Å². The number of carbonyl (C=O) groups is 1. The summed E-state index contributed by atoms with van der Waals surface area (Å²) in [6, 6.07) is 6.13. The van der Waals surface area contributed by atoms with Crippen molar-refractivity contribution in [2.45, 2.75) is 12.5 Å². The van der Waals surface area contributed by atoms with Crippen molar-refractivity contribution in [1.82, 2.24) is 0 Å². The second-order valence-corrected chi connectivity index (χ2v) is 3.05. The van der Waals surface area contributed by atoms with E-state index in [1.54, 1.807) is 12.1 Å². The molecule has 4 nitrogen and oxygen atoms in total. The molecule has 0 heterocycles. The summed E-state index contributed by atoms with van der Waals surface area (Å²) in [4.78, 5) is 10.5. The minimum absolute atomic E-state index is 0.0296. The summed E-state index contributed by atoms with van der Waals surface area (Å²) in [5.41, 5.74) is 6.80. The third-order valence-electron chi connectivity index (χ3n) is 2.03. The van der Waals surface area contributed by atoms with Gasteiger partial charge in [-0.3, -0.25) is 0 Å². The summed E-state index contributed by atoms with van der Waals surface area (Å²) < 4.78 is 0.